The van der Waals surface area contributed by atoms with Gasteiger partial charge in [-0.3, -0.25) is 9.59 Å². The van der Waals surface area contributed by atoms with Crippen molar-refractivity contribution in [3.63, 3.8) is 0 Å². The lowest BCUT2D eigenvalue weighted by Gasteiger charge is -2.32. The molecule has 1 aliphatic rings. The topological polar surface area (TPSA) is 106 Å². The number of benzene rings is 1. The number of thiophene rings is 1. The lowest BCUT2D eigenvalue weighted by atomic mass is 9.97. The van der Waals surface area contributed by atoms with Gasteiger partial charge in [-0.15, -0.1) is 11.3 Å². The standard InChI is InChI=1S/C27H27N5O3S/c1-3-6-19(17-7-4-5-8-18(17)26(28)34)27-29-10-9-21(30-27)20-16-36-25-22(33)15-23(35-24(20)25)32-13-11-31(2)12-14-32/h4-10,15-16H,3,11-14H2,1-2H3,(H2,28,34)/b19-6-. The number of rotatable bonds is 6. The van der Waals surface area contributed by atoms with E-state index >= 15 is 0 Å². The highest BCUT2D eigenvalue weighted by Crippen LogP contribution is 2.34. The molecule has 1 fully saturated rings. The Kier molecular flexibility index (Phi) is 6.67. The molecule has 0 spiro atoms. The van der Waals surface area contributed by atoms with Crippen LogP contribution in [0.25, 0.3) is 27.1 Å². The van der Waals surface area contributed by atoms with Crippen LogP contribution >= 0.6 is 11.3 Å². The quantitative estimate of drug-likeness (QED) is 0.426. The first-order chi connectivity index (χ1) is 17.5. The van der Waals surface area contributed by atoms with Crippen LogP contribution in [0.3, 0.4) is 0 Å². The zero-order chi connectivity index (χ0) is 25.2. The second-order valence-electron chi connectivity index (χ2n) is 8.75. The first-order valence-electron chi connectivity index (χ1n) is 11.9. The number of hydrogen-bond acceptors (Lipinski definition) is 8. The minimum Gasteiger partial charge on any atom is -0.439 e. The number of primary amides is 1. The van der Waals surface area contributed by atoms with Gasteiger partial charge in [0.05, 0.1) is 11.3 Å². The highest BCUT2D eigenvalue weighted by Gasteiger charge is 2.21. The van der Waals surface area contributed by atoms with Crippen molar-refractivity contribution in [2.45, 2.75) is 13.3 Å². The Morgan fingerprint density at radius 1 is 1.17 bits per heavy atom. The molecule has 1 aromatic carbocycles. The van der Waals surface area contributed by atoms with Crippen LogP contribution in [0.2, 0.25) is 0 Å². The number of nitrogens with two attached hydrogens (primary N) is 1. The molecular weight excluding hydrogens is 474 g/mol. The van der Waals surface area contributed by atoms with Gasteiger partial charge in [0, 0.05) is 55.0 Å². The molecule has 2 N–H and O–H groups in total. The summed E-state index contributed by atoms with van der Waals surface area (Å²) in [6, 6.07) is 10.6. The molecule has 0 radical (unpaired) electrons. The minimum absolute atomic E-state index is 0.0577. The van der Waals surface area contributed by atoms with E-state index in [9.17, 15) is 9.59 Å². The number of fused-ring (bicyclic) bond motifs is 1. The number of carbonyl (C=O) groups is 1. The first kappa shape index (κ1) is 23.9. The van der Waals surface area contributed by atoms with Crippen molar-refractivity contribution in [1.82, 2.24) is 14.9 Å². The lowest BCUT2D eigenvalue weighted by Crippen LogP contribution is -2.44. The largest absolute Gasteiger partial charge is 0.439 e. The summed E-state index contributed by atoms with van der Waals surface area (Å²) in [6.45, 7) is 5.43. The Labute approximate surface area is 212 Å². The summed E-state index contributed by atoms with van der Waals surface area (Å²) in [7, 11) is 2.09. The number of anilines is 1. The average Bonchev–Trinajstić information content (AvgIpc) is 3.32. The molecule has 9 heteroatoms. The van der Waals surface area contributed by atoms with Crippen molar-refractivity contribution in [1.29, 1.82) is 0 Å². The summed E-state index contributed by atoms with van der Waals surface area (Å²) in [6.07, 6.45) is 4.39. The molecule has 4 aromatic rings. The number of amides is 1. The Hall–Kier alpha value is -3.82. The van der Waals surface area contributed by atoms with Crippen LogP contribution < -0.4 is 16.1 Å². The summed E-state index contributed by atoms with van der Waals surface area (Å²) in [4.78, 5) is 38.7. The molecule has 5 rings (SSSR count). The number of allylic oxidation sites excluding steroid dienone is 1. The minimum atomic E-state index is -0.509. The van der Waals surface area contributed by atoms with Crippen LogP contribution in [0.4, 0.5) is 5.88 Å². The predicted molar refractivity (Wildman–Crippen MR) is 143 cm³/mol. The summed E-state index contributed by atoms with van der Waals surface area (Å²) in [5.74, 6) is 0.544. The van der Waals surface area contributed by atoms with Gasteiger partial charge in [-0.05, 0) is 31.2 Å². The van der Waals surface area contributed by atoms with Crippen LogP contribution in [0.5, 0.6) is 0 Å². The smallest absolute Gasteiger partial charge is 0.249 e. The fourth-order valence-corrected chi connectivity index (χ4v) is 5.28. The maximum absolute atomic E-state index is 12.9. The van der Waals surface area contributed by atoms with E-state index in [2.05, 4.69) is 21.8 Å². The molecule has 184 valence electrons. The first-order valence-corrected chi connectivity index (χ1v) is 12.8. The van der Waals surface area contributed by atoms with Crippen molar-refractivity contribution < 1.29 is 9.21 Å². The van der Waals surface area contributed by atoms with Gasteiger partial charge in [0.1, 0.15) is 4.70 Å². The summed E-state index contributed by atoms with van der Waals surface area (Å²) in [5.41, 5.74) is 9.32. The van der Waals surface area contributed by atoms with Crippen LogP contribution in [0, 0.1) is 0 Å². The Morgan fingerprint density at radius 3 is 2.64 bits per heavy atom. The van der Waals surface area contributed by atoms with Gasteiger partial charge in [-0.25, -0.2) is 9.97 Å². The molecule has 0 unspecified atom stereocenters. The molecule has 0 aliphatic carbocycles. The number of hydrogen-bond donors (Lipinski definition) is 1. The Balaban J connectivity index is 1.59. The molecular formula is C27H27N5O3S. The average molecular weight is 502 g/mol. The third-order valence-electron chi connectivity index (χ3n) is 6.31. The third-order valence-corrected chi connectivity index (χ3v) is 7.28. The molecule has 0 saturated carbocycles. The second kappa shape index (κ2) is 10.0. The SMILES string of the molecule is CC/C=C(\c1nccc(-c2csc3c(=O)cc(N4CCN(C)CC4)oc23)n1)c1ccccc1C(N)=O. The van der Waals surface area contributed by atoms with E-state index in [1.54, 1.807) is 30.5 Å². The van der Waals surface area contributed by atoms with E-state index in [1.165, 1.54) is 11.3 Å². The number of aromatic nitrogens is 2. The van der Waals surface area contributed by atoms with Crippen LogP contribution in [-0.2, 0) is 0 Å². The van der Waals surface area contributed by atoms with Crippen molar-refractivity contribution in [2.24, 2.45) is 5.73 Å². The van der Waals surface area contributed by atoms with Crippen molar-refractivity contribution in [3.05, 3.63) is 81.2 Å². The van der Waals surface area contributed by atoms with Gasteiger partial charge in [0.2, 0.25) is 11.3 Å². The van der Waals surface area contributed by atoms with E-state index in [1.807, 2.05) is 30.5 Å². The van der Waals surface area contributed by atoms with Crippen LogP contribution in [-0.4, -0.2) is 54.0 Å². The number of carbonyl (C=O) groups excluding carboxylic acids is 1. The van der Waals surface area contributed by atoms with Gasteiger partial charge in [-0.2, -0.15) is 0 Å². The molecule has 0 bridgehead atoms. The van der Waals surface area contributed by atoms with E-state index in [4.69, 9.17) is 15.1 Å². The number of nitrogens with zero attached hydrogens (tertiary/aromatic N) is 4. The van der Waals surface area contributed by atoms with E-state index < -0.39 is 5.91 Å². The van der Waals surface area contributed by atoms with E-state index in [-0.39, 0.29) is 5.43 Å². The molecule has 0 atom stereocenters. The molecule has 1 aliphatic heterocycles. The van der Waals surface area contributed by atoms with Crippen molar-refractivity contribution in [3.8, 4) is 11.3 Å². The monoisotopic (exact) mass is 501 g/mol. The zero-order valence-electron chi connectivity index (χ0n) is 20.2. The normalized spacial score (nSPS) is 14.9. The van der Waals surface area contributed by atoms with Crippen molar-refractivity contribution in [2.75, 3.05) is 38.1 Å². The highest BCUT2D eigenvalue weighted by atomic mass is 32.1. The zero-order valence-corrected chi connectivity index (χ0v) is 21.0. The third kappa shape index (κ3) is 4.55. The van der Waals surface area contributed by atoms with E-state index in [0.717, 1.165) is 43.7 Å². The number of piperazine rings is 1. The highest BCUT2D eigenvalue weighted by molar-refractivity contribution is 7.17. The van der Waals surface area contributed by atoms with Gasteiger partial charge < -0.3 is 20.0 Å². The van der Waals surface area contributed by atoms with Crippen LogP contribution in [0.1, 0.15) is 35.1 Å². The summed E-state index contributed by atoms with van der Waals surface area (Å²) >= 11 is 1.35. The fourth-order valence-electron chi connectivity index (χ4n) is 4.39. The van der Waals surface area contributed by atoms with Gasteiger partial charge in [0.25, 0.3) is 0 Å². The van der Waals surface area contributed by atoms with Crippen molar-refractivity contribution >= 4 is 39.0 Å². The molecule has 4 heterocycles. The molecule has 36 heavy (non-hydrogen) atoms. The lowest BCUT2D eigenvalue weighted by molar-refractivity contribution is 0.1000. The maximum atomic E-state index is 12.9. The second-order valence-corrected chi connectivity index (χ2v) is 9.63. The Bertz CT molecular complexity index is 1520. The van der Waals surface area contributed by atoms with Crippen LogP contribution in [0.15, 0.2) is 63.3 Å². The predicted octanol–water partition coefficient (Wildman–Crippen LogP) is 4.00. The summed E-state index contributed by atoms with van der Waals surface area (Å²) in [5, 5.41) is 1.90. The van der Waals surface area contributed by atoms with Gasteiger partial charge in [0.15, 0.2) is 17.3 Å². The van der Waals surface area contributed by atoms with E-state index in [0.29, 0.717) is 38.8 Å². The Morgan fingerprint density at radius 2 is 1.92 bits per heavy atom. The summed E-state index contributed by atoms with van der Waals surface area (Å²) < 4.78 is 6.87. The molecule has 1 amide bonds. The molecule has 3 aromatic heterocycles. The molecule has 1 saturated heterocycles. The van der Waals surface area contributed by atoms with Gasteiger partial charge in [-0.1, -0.05) is 31.2 Å². The maximum Gasteiger partial charge on any atom is 0.249 e. The fraction of sp³-hybridized carbons (Fsp3) is 0.259. The van der Waals surface area contributed by atoms with Gasteiger partial charge >= 0.3 is 0 Å². The molecule has 8 nitrogen and oxygen atoms in total. The number of likely N-dealkylation sites (N-methyl/N-ethyl adjacent to an activating group) is 1.